The molecule has 0 saturated heterocycles. The first-order chi connectivity index (χ1) is 10.8. The molecule has 0 amide bonds. The van der Waals surface area contributed by atoms with Gasteiger partial charge in [-0.2, -0.15) is 0 Å². The Morgan fingerprint density at radius 3 is 2.61 bits per heavy atom. The summed E-state index contributed by atoms with van der Waals surface area (Å²) in [4.78, 5) is 8.19. The molecule has 0 spiro atoms. The smallest absolute Gasteiger partial charge is 0.191 e. The molecule has 1 heterocycles. The van der Waals surface area contributed by atoms with Crippen LogP contribution in [-0.2, 0) is 6.54 Å². The van der Waals surface area contributed by atoms with E-state index < -0.39 is 0 Å². The van der Waals surface area contributed by atoms with E-state index in [0.29, 0.717) is 30.8 Å². The molecule has 2 aromatic rings. The van der Waals surface area contributed by atoms with Crippen LogP contribution in [0.3, 0.4) is 0 Å². The fraction of sp³-hybridized carbons (Fsp3) is 0.250. The monoisotopic (exact) mass is 446 g/mol. The van der Waals surface area contributed by atoms with Gasteiger partial charge in [0.25, 0.3) is 0 Å². The summed E-state index contributed by atoms with van der Waals surface area (Å²) in [5.41, 5.74) is 1.04. The molecule has 0 aliphatic carbocycles. The van der Waals surface area contributed by atoms with Gasteiger partial charge in [0.05, 0.1) is 6.54 Å². The Morgan fingerprint density at radius 1 is 1.17 bits per heavy atom. The molecule has 0 aliphatic rings. The second kappa shape index (κ2) is 11.1. The maximum atomic E-state index is 5.76. The Hall–Kier alpha value is -1.54. The summed E-state index contributed by atoms with van der Waals surface area (Å²) >= 11 is 5.76. The number of benzene rings is 1. The Balaban J connectivity index is 0.00000264. The second-order valence-corrected chi connectivity index (χ2v) is 4.89. The minimum Gasteiger partial charge on any atom is -0.492 e. The predicted molar refractivity (Wildman–Crippen MR) is 105 cm³/mol. The van der Waals surface area contributed by atoms with Crippen molar-refractivity contribution in [1.82, 2.24) is 15.6 Å². The van der Waals surface area contributed by atoms with Crippen LogP contribution in [0.25, 0.3) is 0 Å². The Labute approximate surface area is 158 Å². The highest BCUT2D eigenvalue weighted by molar-refractivity contribution is 14.0. The molecule has 0 unspecified atom stereocenters. The third-order valence-electron chi connectivity index (χ3n) is 2.88. The van der Waals surface area contributed by atoms with Crippen LogP contribution in [0.5, 0.6) is 5.75 Å². The number of hydrogen-bond donors (Lipinski definition) is 2. The van der Waals surface area contributed by atoms with Gasteiger partial charge in [-0.25, -0.2) is 4.98 Å². The quantitative estimate of drug-likeness (QED) is 0.235. The minimum absolute atomic E-state index is 0. The fourth-order valence-electron chi connectivity index (χ4n) is 1.77. The molecule has 23 heavy (non-hydrogen) atoms. The average molecular weight is 447 g/mol. The van der Waals surface area contributed by atoms with Gasteiger partial charge in [0, 0.05) is 19.8 Å². The van der Waals surface area contributed by atoms with E-state index in [1.54, 1.807) is 19.3 Å². The third kappa shape index (κ3) is 7.51. The summed E-state index contributed by atoms with van der Waals surface area (Å²) in [6.07, 6.45) is 1.74. The number of pyridine rings is 1. The number of nitrogens with zero attached hydrogens (tertiary/aromatic N) is 2. The van der Waals surface area contributed by atoms with Crippen molar-refractivity contribution >= 4 is 41.5 Å². The number of halogens is 2. The van der Waals surface area contributed by atoms with E-state index in [1.807, 2.05) is 36.4 Å². The third-order valence-corrected chi connectivity index (χ3v) is 3.10. The van der Waals surface area contributed by atoms with E-state index in [0.717, 1.165) is 11.3 Å². The molecule has 1 aromatic carbocycles. The normalized spacial score (nSPS) is 10.6. The van der Waals surface area contributed by atoms with Crippen molar-refractivity contribution in [3.05, 3.63) is 59.4 Å². The van der Waals surface area contributed by atoms with Crippen LogP contribution in [0, 0.1) is 0 Å². The van der Waals surface area contributed by atoms with Crippen LogP contribution in [0.4, 0.5) is 0 Å². The highest BCUT2D eigenvalue weighted by Gasteiger charge is 1.99. The van der Waals surface area contributed by atoms with Crippen LogP contribution < -0.4 is 15.4 Å². The molecule has 0 atom stereocenters. The van der Waals surface area contributed by atoms with E-state index in [1.165, 1.54) is 0 Å². The lowest BCUT2D eigenvalue weighted by molar-refractivity contribution is 0.322. The van der Waals surface area contributed by atoms with Crippen LogP contribution in [0.15, 0.2) is 53.7 Å². The first-order valence-corrected chi connectivity index (χ1v) is 7.38. The van der Waals surface area contributed by atoms with Gasteiger partial charge >= 0.3 is 0 Å². The predicted octanol–water partition coefficient (Wildman–Crippen LogP) is 3.10. The van der Waals surface area contributed by atoms with E-state index in [-0.39, 0.29) is 24.0 Å². The maximum absolute atomic E-state index is 5.76. The number of aromatic nitrogens is 1. The number of para-hydroxylation sites is 1. The zero-order valence-corrected chi connectivity index (χ0v) is 15.9. The summed E-state index contributed by atoms with van der Waals surface area (Å²) in [5, 5.41) is 6.88. The molecular formula is C16H20ClIN4O. The van der Waals surface area contributed by atoms with Gasteiger partial charge in [-0.3, -0.25) is 4.99 Å². The largest absolute Gasteiger partial charge is 0.492 e. The van der Waals surface area contributed by atoms with Crippen molar-refractivity contribution in [2.45, 2.75) is 6.54 Å². The minimum atomic E-state index is 0. The lowest BCUT2D eigenvalue weighted by Crippen LogP contribution is -2.38. The van der Waals surface area contributed by atoms with Crippen molar-refractivity contribution in [3.8, 4) is 5.75 Å². The zero-order valence-electron chi connectivity index (χ0n) is 12.8. The number of aliphatic imine (C=N–C) groups is 1. The summed E-state index contributed by atoms with van der Waals surface area (Å²) < 4.78 is 5.61. The molecule has 5 nitrogen and oxygen atoms in total. The lowest BCUT2D eigenvalue weighted by Gasteiger charge is -2.12. The molecule has 0 bridgehead atoms. The van der Waals surface area contributed by atoms with Gasteiger partial charge in [0.1, 0.15) is 17.5 Å². The van der Waals surface area contributed by atoms with Crippen LogP contribution in [0.1, 0.15) is 5.56 Å². The van der Waals surface area contributed by atoms with Gasteiger partial charge in [0.15, 0.2) is 5.96 Å². The summed E-state index contributed by atoms with van der Waals surface area (Å²) in [5.74, 6) is 1.58. The van der Waals surface area contributed by atoms with Crippen molar-refractivity contribution in [2.24, 2.45) is 4.99 Å². The van der Waals surface area contributed by atoms with E-state index in [4.69, 9.17) is 16.3 Å². The maximum Gasteiger partial charge on any atom is 0.191 e. The average Bonchev–Trinajstić information content (AvgIpc) is 2.57. The van der Waals surface area contributed by atoms with Crippen LogP contribution >= 0.6 is 35.6 Å². The molecule has 0 fully saturated rings. The number of rotatable bonds is 6. The molecule has 0 saturated carbocycles. The standard InChI is InChI=1S/C16H19ClN4O.HI/c1-18-16(21-12-13-7-8-15(17)20-11-13)19-9-10-22-14-5-3-2-4-6-14;/h2-8,11H,9-10,12H2,1H3,(H2,18,19,21);1H. The zero-order chi connectivity index (χ0) is 15.6. The summed E-state index contributed by atoms with van der Waals surface area (Å²) in [7, 11) is 1.73. The van der Waals surface area contributed by atoms with E-state index in [9.17, 15) is 0 Å². The van der Waals surface area contributed by atoms with Crippen molar-refractivity contribution in [2.75, 3.05) is 20.2 Å². The fourth-order valence-corrected chi connectivity index (χ4v) is 1.88. The number of guanidine groups is 1. The molecular weight excluding hydrogens is 427 g/mol. The summed E-state index contributed by atoms with van der Waals surface area (Å²) in [6, 6.07) is 13.4. The molecule has 2 N–H and O–H groups in total. The van der Waals surface area contributed by atoms with E-state index in [2.05, 4.69) is 20.6 Å². The van der Waals surface area contributed by atoms with Crippen molar-refractivity contribution in [3.63, 3.8) is 0 Å². The number of nitrogens with one attached hydrogen (secondary N) is 2. The van der Waals surface area contributed by atoms with Gasteiger partial charge in [0.2, 0.25) is 0 Å². The van der Waals surface area contributed by atoms with Gasteiger partial charge in [-0.15, -0.1) is 24.0 Å². The first kappa shape index (κ1) is 19.5. The van der Waals surface area contributed by atoms with Gasteiger partial charge in [-0.05, 0) is 23.8 Å². The highest BCUT2D eigenvalue weighted by Crippen LogP contribution is 2.07. The Morgan fingerprint density at radius 2 is 1.96 bits per heavy atom. The van der Waals surface area contributed by atoms with Crippen LogP contribution in [-0.4, -0.2) is 31.1 Å². The molecule has 0 aliphatic heterocycles. The molecule has 2 rings (SSSR count). The Bertz CT molecular complexity index is 593. The van der Waals surface area contributed by atoms with E-state index >= 15 is 0 Å². The van der Waals surface area contributed by atoms with Gasteiger partial charge < -0.3 is 15.4 Å². The second-order valence-electron chi connectivity index (χ2n) is 4.50. The SMILES string of the molecule is CN=C(NCCOc1ccccc1)NCc1ccc(Cl)nc1.I. The number of ether oxygens (including phenoxy) is 1. The molecule has 1 aromatic heterocycles. The highest BCUT2D eigenvalue weighted by atomic mass is 127. The summed E-state index contributed by atoms with van der Waals surface area (Å²) in [6.45, 7) is 1.85. The van der Waals surface area contributed by atoms with Crippen LogP contribution in [0.2, 0.25) is 5.15 Å². The van der Waals surface area contributed by atoms with Gasteiger partial charge in [-0.1, -0.05) is 35.9 Å². The number of hydrogen-bond acceptors (Lipinski definition) is 3. The first-order valence-electron chi connectivity index (χ1n) is 7.01. The molecule has 0 radical (unpaired) electrons. The van der Waals surface area contributed by atoms with Crippen molar-refractivity contribution < 1.29 is 4.74 Å². The topological polar surface area (TPSA) is 58.5 Å². The molecule has 124 valence electrons. The molecule has 7 heteroatoms. The van der Waals surface area contributed by atoms with Crippen molar-refractivity contribution in [1.29, 1.82) is 0 Å². The Kier molecular flexibility index (Phi) is 9.39. The lowest BCUT2D eigenvalue weighted by atomic mass is 10.3.